The van der Waals surface area contributed by atoms with Crippen LogP contribution in [0.4, 0.5) is 0 Å². The van der Waals surface area contributed by atoms with E-state index in [0.717, 1.165) is 6.42 Å². The first-order valence-corrected chi connectivity index (χ1v) is 9.55. The van der Waals surface area contributed by atoms with Gasteiger partial charge >= 0.3 is 5.97 Å². The van der Waals surface area contributed by atoms with Gasteiger partial charge in [0.15, 0.2) is 0 Å². The highest BCUT2D eigenvalue weighted by atomic mass is 16.4. The fourth-order valence-electron chi connectivity index (χ4n) is 3.41. The molecule has 0 aromatic heterocycles. The number of hydrogen-bond acceptors (Lipinski definition) is 4. The summed E-state index contributed by atoms with van der Waals surface area (Å²) in [4.78, 5) is 10.5. The van der Waals surface area contributed by atoms with Gasteiger partial charge in [0.25, 0.3) is 0 Å². The highest BCUT2D eigenvalue weighted by molar-refractivity contribution is 5.66. The maximum Gasteiger partial charge on any atom is 0.303 e. The van der Waals surface area contributed by atoms with Crippen molar-refractivity contribution in [3.05, 3.63) is 24.3 Å². The lowest BCUT2D eigenvalue weighted by atomic mass is 9.89. The molecule has 0 radical (unpaired) electrons. The molecular formula is C20H34O5. The molecule has 0 heterocycles. The van der Waals surface area contributed by atoms with Crippen molar-refractivity contribution in [3.63, 3.8) is 0 Å². The zero-order valence-electron chi connectivity index (χ0n) is 15.3. The van der Waals surface area contributed by atoms with Gasteiger partial charge in [-0.05, 0) is 38.0 Å². The third-order valence-corrected chi connectivity index (χ3v) is 4.91. The van der Waals surface area contributed by atoms with E-state index in [0.29, 0.717) is 25.7 Å². The SMILES string of the molecule is CCCCC/C=C\C[C@H]1[C@@H](/C=C/C(O)CCCC(=O)O)[C@@H](O)C[C@H]1O. The molecule has 25 heavy (non-hydrogen) atoms. The third-order valence-electron chi connectivity index (χ3n) is 4.91. The molecule has 5 heteroatoms. The van der Waals surface area contributed by atoms with Crippen molar-refractivity contribution in [2.45, 2.75) is 83.0 Å². The minimum atomic E-state index is -0.865. The van der Waals surface area contributed by atoms with Crippen LogP contribution in [0.3, 0.4) is 0 Å². The van der Waals surface area contributed by atoms with E-state index in [9.17, 15) is 20.1 Å². The molecule has 1 fully saturated rings. The van der Waals surface area contributed by atoms with Crippen molar-refractivity contribution >= 4 is 5.97 Å². The molecule has 0 amide bonds. The van der Waals surface area contributed by atoms with E-state index in [4.69, 9.17) is 5.11 Å². The molecule has 1 unspecified atom stereocenters. The number of carboxylic acid groups (broad SMARTS) is 1. The van der Waals surface area contributed by atoms with Crippen LogP contribution in [0.5, 0.6) is 0 Å². The standard InChI is InChI=1S/C20H34O5/c1-2-3-4-5-6-7-10-16-17(19(23)14-18(16)22)13-12-15(21)9-8-11-20(24)25/h6-7,12-13,15-19,21-23H,2-5,8-11,14H2,1H3,(H,24,25)/b7-6-,13-12+/t15?,16-,17+,18+,19-/m0/s1. The van der Waals surface area contributed by atoms with Crippen molar-refractivity contribution in [1.29, 1.82) is 0 Å². The second kappa shape index (κ2) is 12.2. The topological polar surface area (TPSA) is 98.0 Å². The molecule has 0 aromatic rings. The van der Waals surface area contributed by atoms with Crippen molar-refractivity contribution in [3.8, 4) is 0 Å². The number of carbonyl (C=O) groups is 1. The molecule has 1 rings (SSSR count). The number of carboxylic acids is 1. The molecule has 5 nitrogen and oxygen atoms in total. The molecule has 1 saturated carbocycles. The third kappa shape index (κ3) is 8.66. The summed E-state index contributed by atoms with van der Waals surface area (Å²) in [5, 5.41) is 38.9. The van der Waals surface area contributed by atoms with Crippen LogP contribution in [0, 0.1) is 11.8 Å². The molecule has 0 spiro atoms. The van der Waals surface area contributed by atoms with Crippen molar-refractivity contribution in [2.24, 2.45) is 11.8 Å². The Kier molecular flexibility index (Phi) is 10.7. The number of aliphatic carboxylic acids is 1. The molecular weight excluding hydrogens is 320 g/mol. The van der Waals surface area contributed by atoms with Gasteiger partial charge in [-0.15, -0.1) is 0 Å². The van der Waals surface area contributed by atoms with E-state index in [1.54, 1.807) is 12.2 Å². The predicted molar refractivity (Wildman–Crippen MR) is 98.1 cm³/mol. The van der Waals surface area contributed by atoms with Crippen LogP contribution >= 0.6 is 0 Å². The first kappa shape index (κ1) is 21.9. The fourth-order valence-corrected chi connectivity index (χ4v) is 3.41. The summed E-state index contributed by atoms with van der Waals surface area (Å²) >= 11 is 0. The molecule has 1 aliphatic rings. The van der Waals surface area contributed by atoms with Gasteiger partial charge < -0.3 is 20.4 Å². The molecule has 0 aliphatic heterocycles. The van der Waals surface area contributed by atoms with Gasteiger partial charge in [-0.3, -0.25) is 4.79 Å². The molecule has 0 saturated heterocycles. The Morgan fingerprint density at radius 3 is 2.60 bits per heavy atom. The maximum atomic E-state index is 10.5. The smallest absolute Gasteiger partial charge is 0.303 e. The molecule has 0 bridgehead atoms. The average molecular weight is 354 g/mol. The van der Waals surface area contributed by atoms with Gasteiger partial charge in [-0.25, -0.2) is 0 Å². The van der Waals surface area contributed by atoms with Crippen LogP contribution < -0.4 is 0 Å². The highest BCUT2D eigenvalue weighted by Crippen LogP contribution is 2.36. The summed E-state index contributed by atoms with van der Waals surface area (Å²) in [5.41, 5.74) is 0. The fraction of sp³-hybridized carbons (Fsp3) is 0.750. The monoisotopic (exact) mass is 354 g/mol. The summed E-state index contributed by atoms with van der Waals surface area (Å²) < 4.78 is 0. The van der Waals surface area contributed by atoms with E-state index < -0.39 is 24.3 Å². The Bertz CT molecular complexity index is 432. The van der Waals surface area contributed by atoms with Gasteiger partial charge in [0.2, 0.25) is 0 Å². The van der Waals surface area contributed by atoms with Crippen LogP contribution in [0.15, 0.2) is 24.3 Å². The lowest BCUT2D eigenvalue weighted by Gasteiger charge is -2.19. The number of aliphatic hydroxyl groups excluding tert-OH is 3. The summed E-state index contributed by atoms with van der Waals surface area (Å²) in [6.07, 6.45) is 12.4. The van der Waals surface area contributed by atoms with E-state index >= 15 is 0 Å². The molecule has 144 valence electrons. The minimum Gasteiger partial charge on any atom is -0.481 e. The van der Waals surface area contributed by atoms with E-state index in [1.807, 2.05) is 0 Å². The van der Waals surface area contributed by atoms with Gasteiger partial charge in [0.1, 0.15) is 0 Å². The van der Waals surface area contributed by atoms with E-state index in [-0.39, 0.29) is 18.3 Å². The number of aliphatic hydroxyl groups is 3. The lowest BCUT2D eigenvalue weighted by molar-refractivity contribution is -0.137. The first-order chi connectivity index (χ1) is 12.0. The quantitative estimate of drug-likeness (QED) is 0.319. The Labute approximate surface area is 151 Å². The van der Waals surface area contributed by atoms with Gasteiger partial charge in [-0.2, -0.15) is 0 Å². The van der Waals surface area contributed by atoms with Gasteiger partial charge in [-0.1, -0.05) is 44.1 Å². The Hall–Kier alpha value is -1.17. The van der Waals surface area contributed by atoms with Crippen molar-refractivity contribution in [1.82, 2.24) is 0 Å². The van der Waals surface area contributed by atoms with Gasteiger partial charge in [0, 0.05) is 18.8 Å². The molecule has 1 aliphatic carbocycles. The second-order valence-electron chi connectivity index (χ2n) is 7.05. The van der Waals surface area contributed by atoms with Crippen LogP contribution in [0.2, 0.25) is 0 Å². The second-order valence-corrected chi connectivity index (χ2v) is 7.05. The number of rotatable bonds is 12. The Morgan fingerprint density at radius 2 is 1.92 bits per heavy atom. The number of allylic oxidation sites excluding steroid dienone is 2. The van der Waals surface area contributed by atoms with E-state index in [2.05, 4.69) is 19.1 Å². The average Bonchev–Trinajstić information content (AvgIpc) is 2.81. The van der Waals surface area contributed by atoms with Crippen molar-refractivity contribution < 1.29 is 25.2 Å². The lowest BCUT2D eigenvalue weighted by Crippen LogP contribution is -2.20. The summed E-state index contributed by atoms with van der Waals surface area (Å²) in [6, 6.07) is 0. The zero-order valence-corrected chi connectivity index (χ0v) is 15.3. The van der Waals surface area contributed by atoms with Crippen LogP contribution in [0.25, 0.3) is 0 Å². The normalized spacial score (nSPS) is 28.2. The van der Waals surface area contributed by atoms with Crippen LogP contribution in [-0.4, -0.2) is 44.7 Å². The number of hydrogen-bond donors (Lipinski definition) is 4. The predicted octanol–water partition coefficient (Wildman–Crippen LogP) is 3.04. The van der Waals surface area contributed by atoms with Gasteiger partial charge in [0.05, 0.1) is 18.3 Å². The Balaban J connectivity index is 2.47. The summed E-state index contributed by atoms with van der Waals surface area (Å²) in [6.45, 7) is 2.17. The molecule has 4 N–H and O–H groups in total. The van der Waals surface area contributed by atoms with Crippen LogP contribution in [0.1, 0.15) is 64.7 Å². The minimum absolute atomic E-state index is 0.0418. The van der Waals surface area contributed by atoms with Crippen molar-refractivity contribution in [2.75, 3.05) is 0 Å². The van der Waals surface area contributed by atoms with Crippen LogP contribution in [-0.2, 0) is 4.79 Å². The highest BCUT2D eigenvalue weighted by Gasteiger charge is 2.39. The zero-order chi connectivity index (χ0) is 18.7. The molecule has 5 atom stereocenters. The summed E-state index contributed by atoms with van der Waals surface area (Å²) in [7, 11) is 0. The summed E-state index contributed by atoms with van der Waals surface area (Å²) in [5.74, 6) is -1.08. The Morgan fingerprint density at radius 1 is 1.16 bits per heavy atom. The maximum absolute atomic E-state index is 10.5. The number of unbranched alkanes of at least 4 members (excludes halogenated alkanes) is 3. The largest absolute Gasteiger partial charge is 0.481 e. The molecule has 0 aromatic carbocycles. The first-order valence-electron chi connectivity index (χ1n) is 9.55. The van der Waals surface area contributed by atoms with E-state index in [1.165, 1.54) is 19.3 Å².